The fourth-order valence-corrected chi connectivity index (χ4v) is 3.35. The van der Waals surface area contributed by atoms with E-state index in [2.05, 4.69) is 15.6 Å². The van der Waals surface area contributed by atoms with E-state index in [1.54, 1.807) is 12.1 Å². The zero-order valence-electron chi connectivity index (χ0n) is 12.9. The molecule has 0 spiro atoms. The Balaban J connectivity index is 1.61. The minimum Gasteiger partial charge on any atom is -0.344 e. The largest absolute Gasteiger partial charge is 0.434 e. The van der Waals surface area contributed by atoms with Crippen LogP contribution in [0.3, 0.4) is 0 Å². The first-order chi connectivity index (χ1) is 11.8. The van der Waals surface area contributed by atoms with E-state index in [9.17, 15) is 22.8 Å². The van der Waals surface area contributed by atoms with Gasteiger partial charge in [0.25, 0.3) is 0 Å². The first kappa shape index (κ1) is 17.4. The molecule has 1 unspecified atom stereocenters. The Labute approximate surface area is 145 Å². The summed E-state index contributed by atoms with van der Waals surface area (Å²) in [6.45, 7) is 0. The molecular formula is C16H14F3N3O2S. The minimum atomic E-state index is -4.53. The highest BCUT2D eigenvalue weighted by Crippen LogP contribution is 2.30. The molecule has 2 heterocycles. The standard InChI is InChI=1S/C16H14F3N3O2S/c17-16(18,19)12-8-25-14(22-12)7-13(23)20-11-6-5-9-3-1-2-4-10(9)21-15(11)24/h1-4,8,11H,5-7H2,(H,20,23)(H,21,24). The topological polar surface area (TPSA) is 71.1 Å². The summed E-state index contributed by atoms with van der Waals surface area (Å²) in [5, 5.41) is 6.25. The lowest BCUT2D eigenvalue weighted by Gasteiger charge is -2.14. The van der Waals surface area contributed by atoms with Crippen molar-refractivity contribution in [1.82, 2.24) is 10.3 Å². The zero-order chi connectivity index (χ0) is 18.0. The number of para-hydroxylation sites is 1. The molecule has 0 radical (unpaired) electrons. The molecule has 9 heteroatoms. The molecule has 3 rings (SSSR count). The third-order valence-corrected chi connectivity index (χ3v) is 4.63. The number of benzene rings is 1. The van der Waals surface area contributed by atoms with E-state index in [1.165, 1.54) is 0 Å². The maximum absolute atomic E-state index is 12.5. The highest BCUT2D eigenvalue weighted by Gasteiger charge is 2.34. The van der Waals surface area contributed by atoms with Crippen molar-refractivity contribution in [2.75, 3.05) is 5.32 Å². The van der Waals surface area contributed by atoms with E-state index >= 15 is 0 Å². The molecule has 0 aliphatic carbocycles. The fraction of sp³-hybridized carbons (Fsp3) is 0.312. The van der Waals surface area contributed by atoms with Gasteiger partial charge in [0, 0.05) is 11.1 Å². The molecule has 0 saturated carbocycles. The van der Waals surface area contributed by atoms with Crippen LogP contribution in [0.25, 0.3) is 0 Å². The van der Waals surface area contributed by atoms with E-state index in [4.69, 9.17) is 0 Å². The van der Waals surface area contributed by atoms with E-state index in [0.717, 1.165) is 22.3 Å². The molecule has 132 valence electrons. The van der Waals surface area contributed by atoms with Crippen molar-refractivity contribution in [3.8, 4) is 0 Å². The number of aromatic nitrogens is 1. The molecule has 2 N–H and O–H groups in total. The lowest BCUT2D eigenvalue weighted by atomic mass is 10.1. The maximum atomic E-state index is 12.5. The summed E-state index contributed by atoms with van der Waals surface area (Å²) < 4.78 is 37.6. The van der Waals surface area contributed by atoms with Crippen LogP contribution >= 0.6 is 11.3 Å². The molecule has 25 heavy (non-hydrogen) atoms. The molecule has 1 aliphatic rings. The Morgan fingerprint density at radius 3 is 2.84 bits per heavy atom. The van der Waals surface area contributed by atoms with Gasteiger partial charge in [-0.2, -0.15) is 13.2 Å². The Hall–Kier alpha value is -2.42. The van der Waals surface area contributed by atoms with Crippen molar-refractivity contribution in [3.63, 3.8) is 0 Å². The lowest BCUT2D eigenvalue weighted by molar-refractivity contribution is -0.141. The van der Waals surface area contributed by atoms with Gasteiger partial charge < -0.3 is 10.6 Å². The predicted molar refractivity (Wildman–Crippen MR) is 86.1 cm³/mol. The van der Waals surface area contributed by atoms with Crippen molar-refractivity contribution < 1.29 is 22.8 Å². The second-order valence-electron chi connectivity index (χ2n) is 5.61. The highest BCUT2D eigenvalue weighted by atomic mass is 32.1. The Kier molecular flexibility index (Phi) is 4.76. The van der Waals surface area contributed by atoms with Crippen molar-refractivity contribution in [3.05, 3.63) is 45.9 Å². The number of thiazole rings is 1. The molecule has 1 atom stereocenters. The number of carbonyl (C=O) groups is 2. The summed E-state index contributed by atoms with van der Waals surface area (Å²) in [4.78, 5) is 27.7. The molecular weight excluding hydrogens is 355 g/mol. The maximum Gasteiger partial charge on any atom is 0.434 e. The van der Waals surface area contributed by atoms with Crippen LogP contribution in [0, 0.1) is 0 Å². The summed E-state index contributed by atoms with van der Waals surface area (Å²) in [6, 6.07) is 6.62. The van der Waals surface area contributed by atoms with Crippen LogP contribution in [0.5, 0.6) is 0 Å². The zero-order valence-corrected chi connectivity index (χ0v) is 13.7. The summed E-state index contributed by atoms with van der Waals surface area (Å²) in [6.07, 6.45) is -3.80. The first-order valence-corrected chi connectivity index (χ1v) is 8.40. The average molecular weight is 369 g/mol. The molecule has 1 aliphatic heterocycles. The van der Waals surface area contributed by atoms with Crippen molar-refractivity contribution in [2.45, 2.75) is 31.5 Å². The number of amides is 2. The Bertz CT molecular complexity index is 804. The number of anilines is 1. The molecule has 0 saturated heterocycles. The number of fused-ring (bicyclic) bond motifs is 1. The van der Waals surface area contributed by atoms with Gasteiger partial charge in [-0.05, 0) is 24.5 Å². The number of hydrogen-bond donors (Lipinski definition) is 2. The number of rotatable bonds is 3. The Morgan fingerprint density at radius 1 is 1.36 bits per heavy atom. The highest BCUT2D eigenvalue weighted by molar-refractivity contribution is 7.09. The van der Waals surface area contributed by atoms with E-state index < -0.39 is 23.8 Å². The second kappa shape index (κ2) is 6.83. The molecule has 1 aromatic carbocycles. The van der Waals surface area contributed by atoms with E-state index in [0.29, 0.717) is 18.5 Å². The number of nitrogens with one attached hydrogen (secondary N) is 2. The van der Waals surface area contributed by atoms with Gasteiger partial charge in [0.05, 0.1) is 6.42 Å². The van der Waals surface area contributed by atoms with Crippen LogP contribution < -0.4 is 10.6 Å². The van der Waals surface area contributed by atoms with E-state index in [1.807, 2.05) is 12.1 Å². The summed E-state index contributed by atoms with van der Waals surface area (Å²) in [5.41, 5.74) is 0.671. The van der Waals surface area contributed by atoms with Crippen LogP contribution in [0.2, 0.25) is 0 Å². The van der Waals surface area contributed by atoms with Crippen molar-refractivity contribution in [2.24, 2.45) is 0 Å². The average Bonchev–Trinajstić information content (AvgIpc) is 2.95. The van der Waals surface area contributed by atoms with Gasteiger partial charge in [-0.1, -0.05) is 18.2 Å². The predicted octanol–water partition coefficient (Wildman–Crippen LogP) is 2.77. The SMILES string of the molecule is O=C(Cc1nc(C(F)(F)F)cs1)NC1CCc2ccccc2NC1=O. The lowest BCUT2D eigenvalue weighted by Crippen LogP contribution is -2.43. The van der Waals surface area contributed by atoms with Crippen LogP contribution in [-0.4, -0.2) is 22.8 Å². The van der Waals surface area contributed by atoms with E-state index in [-0.39, 0.29) is 17.3 Å². The molecule has 2 amide bonds. The smallest absolute Gasteiger partial charge is 0.344 e. The van der Waals surface area contributed by atoms with Gasteiger partial charge in [0.15, 0.2) is 5.69 Å². The number of halogens is 3. The molecule has 1 aromatic heterocycles. The summed E-state index contributed by atoms with van der Waals surface area (Å²) >= 11 is 0.769. The molecule has 2 aromatic rings. The van der Waals surface area contributed by atoms with Gasteiger partial charge in [0.2, 0.25) is 11.8 Å². The van der Waals surface area contributed by atoms with Crippen molar-refractivity contribution >= 4 is 28.8 Å². The van der Waals surface area contributed by atoms with Crippen LogP contribution in [0.1, 0.15) is 22.7 Å². The molecule has 0 bridgehead atoms. The number of aryl methyl sites for hydroxylation is 1. The third kappa shape index (κ3) is 4.16. The van der Waals surface area contributed by atoms with Gasteiger partial charge in [-0.25, -0.2) is 4.98 Å². The summed E-state index contributed by atoms with van der Waals surface area (Å²) in [7, 11) is 0. The second-order valence-corrected chi connectivity index (χ2v) is 6.55. The minimum absolute atomic E-state index is 0.0575. The monoisotopic (exact) mass is 369 g/mol. The number of hydrogen-bond acceptors (Lipinski definition) is 4. The van der Waals surface area contributed by atoms with Crippen LogP contribution in [0.4, 0.5) is 18.9 Å². The number of carbonyl (C=O) groups excluding carboxylic acids is 2. The van der Waals surface area contributed by atoms with Gasteiger partial charge >= 0.3 is 6.18 Å². The fourth-order valence-electron chi connectivity index (χ4n) is 2.55. The van der Waals surface area contributed by atoms with Crippen molar-refractivity contribution in [1.29, 1.82) is 0 Å². The number of alkyl halides is 3. The van der Waals surface area contributed by atoms with Gasteiger partial charge in [-0.15, -0.1) is 11.3 Å². The Morgan fingerprint density at radius 2 is 2.12 bits per heavy atom. The first-order valence-electron chi connectivity index (χ1n) is 7.52. The normalized spacial score (nSPS) is 17.4. The summed E-state index contributed by atoms with van der Waals surface area (Å²) in [5.74, 6) is -0.873. The van der Waals surface area contributed by atoms with Crippen LogP contribution in [0.15, 0.2) is 29.6 Å². The van der Waals surface area contributed by atoms with Gasteiger partial charge in [0.1, 0.15) is 11.0 Å². The molecule has 5 nitrogen and oxygen atoms in total. The number of nitrogens with zero attached hydrogens (tertiary/aromatic N) is 1. The quantitative estimate of drug-likeness (QED) is 0.874. The third-order valence-electron chi connectivity index (χ3n) is 3.78. The van der Waals surface area contributed by atoms with Gasteiger partial charge in [-0.3, -0.25) is 9.59 Å². The van der Waals surface area contributed by atoms with Crippen LogP contribution in [-0.2, 0) is 28.6 Å². The molecule has 0 fully saturated rings.